The first-order valence-corrected chi connectivity index (χ1v) is 4.01. The van der Waals surface area contributed by atoms with E-state index >= 15 is 0 Å². The van der Waals surface area contributed by atoms with Crippen molar-refractivity contribution < 1.29 is 5.11 Å². The Bertz CT molecular complexity index is 271. The Morgan fingerprint density at radius 2 is 2.15 bits per heavy atom. The summed E-state index contributed by atoms with van der Waals surface area (Å²) in [7, 11) is 1.88. The molecule has 1 rings (SSSR count). The zero-order chi connectivity index (χ0) is 9.68. The second kappa shape index (κ2) is 4.57. The zero-order valence-electron chi connectivity index (χ0n) is 7.64. The highest BCUT2D eigenvalue weighted by Gasteiger charge is 2.00. The maximum absolute atomic E-state index is 8.76. The van der Waals surface area contributed by atoms with Crippen LogP contribution in [0.25, 0.3) is 0 Å². The van der Waals surface area contributed by atoms with Gasteiger partial charge in [-0.2, -0.15) is 0 Å². The number of aliphatic hydroxyl groups is 1. The molecule has 0 saturated carbocycles. The van der Waals surface area contributed by atoms with E-state index in [0.29, 0.717) is 12.5 Å². The number of rotatable bonds is 4. The van der Waals surface area contributed by atoms with Gasteiger partial charge in [0.1, 0.15) is 0 Å². The topological polar surface area (TPSA) is 49.2 Å². The fourth-order valence-electron chi connectivity index (χ4n) is 0.902. The molecular formula is C9H13N3O. The van der Waals surface area contributed by atoms with Gasteiger partial charge < -0.3 is 10.0 Å². The standard InChI is InChI=1S/C9H13N3O/c1-3-4-12(2)9-10-5-8(7-13)6-11-9/h3,5-6,13H,1,4,7H2,2H3. The molecule has 13 heavy (non-hydrogen) atoms. The van der Waals surface area contributed by atoms with Crippen molar-refractivity contribution in [1.82, 2.24) is 9.97 Å². The third-order valence-electron chi connectivity index (χ3n) is 1.62. The van der Waals surface area contributed by atoms with Gasteiger partial charge in [0.15, 0.2) is 0 Å². The van der Waals surface area contributed by atoms with E-state index in [1.807, 2.05) is 11.9 Å². The summed E-state index contributed by atoms with van der Waals surface area (Å²) in [5.74, 6) is 0.636. The Morgan fingerprint density at radius 3 is 2.62 bits per heavy atom. The molecule has 4 heteroatoms. The average Bonchev–Trinajstić information content (AvgIpc) is 2.18. The fraction of sp³-hybridized carbons (Fsp3) is 0.333. The van der Waals surface area contributed by atoms with Crippen molar-refractivity contribution in [2.45, 2.75) is 6.61 Å². The molecule has 70 valence electrons. The van der Waals surface area contributed by atoms with Crippen LogP contribution in [0.2, 0.25) is 0 Å². The Balaban J connectivity index is 2.73. The van der Waals surface area contributed by atoms with E-state index in [0.717, 1.165) is 5.56 Å². The molecule has 0 bridgehead atoms. The monoisotopic (exact) mass is 179 g/mol. The zero-order valence-corrected chi connectivity index (χ0v) is 7.64. The molecule has 0 aromatic carbocycles. The average molecular weight is 179 g/mol. The van der Waals surface area contributed by atoms with Crippen molar-refractivity contribution in [2.24, 2.45) is 0 Å². The number of hydrogen-bond donors (Lipinski definition) is 1. The molecule has 1 aromatic heterocycles. The van der Waals surface area contributed by atoms with Crippen LogP contribution in [0.1, 0.15) is 5.56 Å². The van der Waals surface area contributed by atoms with Crippen LogP contribution in [0.4, 0.5) is 5.95 Å². The molecule has 1 aromatic rings. The van der Waals surface area contributed by atoms with Crippen LogP contribution < -0.4 is 4.90 Å². The molecule has 0 radical (unpaired) electrons. The summed E-state index contributed by atoms with van der Waals surface area (Å²) < 4.78 is 0. The Labute approximate surface area is 77.6 Å². The van der Waals surface area contributed by atoms with Crippen LogP contribution in [-0.2, 0) is 6.61 Å². The van der Waals surface area contributed by atoms with Gasteiger partial charge in [0, 0.05) is 31.5 Å². The van der Waals surface area contributed by atoms with E-state index in [-0.39, 0.29) is 6.61 Å². The number of aliphatic hydroxyl groups excluding tert-OH is 1. The molecular weight excluding hydrogens is 166 g/mol. The Hall–Kier alpha value is -1.42. The van der Waals surface area contributed by atoms with Crippen molar-refractivity contribution in [2.75, 3.05) is 18.5 Å². The van der Waals surface area contributed by atoms with Crippen molar-refractivity contribution >= 4 is 5.95 Å². The molecule has 0 amide bonds. The molecule has 0 aliphatic heterocycles. The normalized spacial score (nSPS) is 9.69. The van der Waals surface area contributed by atoms with Gasteiger partial charge in [-0.25, -0.2) is 9.97 Å². The van der Waals surface area contributed by atoms with Gasteiger partial charge in [0.25, 0.3) is 0 Å². The number of hydrogen-bond acceptors (Lipinski definition) is 4. The van der Waals surface area contributed by atoms with E-state index in [4.69, 9.17) is 5.11 Å². The van der Waals surface area contributed by atoms with Gasteiger partial charge >= 0.3 is 0 Å². The number of likely N-dealkylation sites (N-methyl/N-ethyl adjacent to an activating group) is 1. The number of nitrogens with zero attached hydrogens (tertiary/aromatic N) is 3. The minimum Gasteiger partial charge on any atom is -0.392 e. The van der Waals surface area contributed by atoms with E-state index < -0.39 is 0 Å². The smallest absolute Gasteiger partial charge is 0.225 e. The summed E-state index contributed by atoms with van der Waals surface area (Å²) in [4.78, 5) is 10.0. The summed E-state index contributed by atoms with van der Waals surface area (Å²) >= 11 is 0. The van der Waals surface area contributed by atoms with Gasteiger partial charge in [-0.15, -0.1) is 6.58 Å². The fourth-order valence-corrected chi connectivity index (χ4v) is 0.902. The van der Waals surface area contributed by atoms with Crippen molar-refractivity contribution in [3.8, 4) is 0 Å². The highest BCUT2D eigenvalue weighted by Crippen LogP contribution is 2.04. The van der Waals surface area contributed by atoms with Gasteiger partial charge in [-0.3, -0.25) is 0 Å². The van der Waals surface area contributed by atoms with Crippen molar-refractivity contribution in [3.63, 3.8) is 0 Å². The minimum absolute atomic E-state index is 0.0224. The molecule has 0 aliphatic rings. The lowest BCUT2D eigenvalue weighted by Crippen LogP contribution is -2.19. The molecule has 0 fully saturated rings. The first-order chi connectivity index (χ1) is 6.27. The third kappa shape index (κ3) is 2.52. The van der Waals surface area contributed by atoms with Crippen LogP contribution in [0.5, 0.6) is 0 Å². The second-order valence-electron chi connectivity index (χ2n) is 2.72. The van der Waals surface area contributed by atoms with Crippen molar-refractivity contribution in [3.05, 3.63) is 30.6 Å². The first kappa shape index (κ1) is 9.67. The van der Waals surface area contributed by atoms with E-state index in [9.17, 15) is 0 Å². The summed E-state index contributed by atoms with van der Waals surface area (Å²) in [6.45, 7) is 4.31. The Morgan fingerprint density at radius 1 is 1.54 bits per heavy atom. The molecule has 0 spiro atoms. The van der Waals surface area contributed by atoms with Crippen molar-refractivity contribution in [1.29, 1.82) is 0 Å². The van der Waals surface area contributed by atoms with Crippen LogP contribution >= 0.6 is 0 Å². The van der Waals surface area contributed by atoms with Crippen LogP contribution in [0.3, 0.4) is 0 Å². The lowest BCUT2D eigenvalue weighted by molar-refractivity contribution is 0.281. The van der Waals surface area contributed by atoms with Gasteiger partial charge in [0.2, 0.25) is 5.95 Å². The SMILES string of the molecule is C=CCN(C)c1ncc(CO)cn1. The molecule has 0 aliphatic carbocycles. The number of anilines is 1. The lowest BCUT2D eigenvalue weighted by atomic mass is 10.4. The highest BCUT2D eigenvalue weighted by atomic mass is 16.3. The molecule has 0 saturated heterocycles. The van der Waals surface area contributed by atoms with Gasteiger partial charge in [0.05, 0.1) is 6.61 Å². The van der Waals surface area contributed by atoms with Crippen LogP contribution in [0, 0.1) is 0 Å². The van der Waals surface area contributed by atoms with E-state index in [1.54, 1.807) is 18.5 Å². The molecule has 0 unspecified atom stereocenters. The van der Waals surface area contributed by atoms with Crippen LogP contribution in [-0.4, -0.2) is 28.7 Å². The quantitative estimate of drug-likeness (QED) is 0.687. The summed E-state index contributed by atoms with van der Waals surface area (Å²) in [5, 5.41) is 8.76. The largest absolute Gasteiger partial charge is 0.392 e. The highest BCUT2D eigenvalue weighted by molar-refractivity contribution is 5.29. The lowest BCUT2D eigenvalue weighted by Gasteiger charge is -2.13. The summed E-state index contributed by atoms with van der Waals surface area (Å²) in [5.41, 5.74) is 0.718. The van der Waals surface area contributed by atoms with Gasteiger partial charge in [-0.1, -0.05) is 6.08 Å². The maximum Gasteiger partial charge on any atom is 0.225 e. The predicted molar refractivity (Wildman–Crippen MR) is 51.4 cm³/mol. The first-order valence-electron chi connectivity index (χ1n) is 4.01. The summed E-state index contributed by atoms with van der Waals surface area (Å²) in [6, 6.07) is 0. The maximum atomic E-state index is 8.76. The Kier molecular flexibility index (Phi) is 3.40. The molecule has 1 heterocycles. The predicted octanol–water partition coefficient (Wildman–Crippen LogP) is 0.591. The summed E-state index contributed by atoms with van der Waals surface area (Å²) in [6.07, 6.45) is 5.01. The minimum atomic E-state index is -0.0224. The van der Waals surface area contributed by atoms with E-state index in [2.05, 4.69) is 16.5 Å². The molecule has 1 N–H and O–H groups in total. The van der Waals surface area contributed by atoms with Crippen LogP contribution in [0.15, 0.2) is 25.0 Å². The van der Waals surface area contributed by atoms with Gasteiger partial charge in [-0.05, 0) is 0 Å². The molecule has 0 atom stereocenters. The third-order valence-corrected chi connectivity index (χ3v) is 1.62. The van der Waals surface area contributed by atoms with E-state index in [1.165, 1.54) is 0 Å². The molecule has 4 nitrogen and oxygen atoms in total. The number of aromatic nitrogens is 2. The second-order valence-corrected chi connectivity index (χ2v) is 2.72.